The molecule has 142 valence electrons. The number of hydrogen-bond acceptors (Lipinski definition) is 4. The third-order valence-corrected chi connectivity index (χ3v) is 5.37. The van der Waals surface area contributed by atoms with Crippen molar-refractivity contribution >= 4 is 33.4 Å². The molecule has 1 atom stereocenters. The monoisotopic (exact) mass is 431 g/mol. The highest BCUT2D eigenvalue weighted by Gasteiger charge is 2.28. The summed E-state index contributed by atoms with van der Waals surface area (Å²) < 4.78 is 5.88. The molecule has 2 aromatic carbocycles. The minimum atomic E-state index is -0.278. The summed E-state index contributed by atoms with van der Waals surface area (Å²) in [6.07, 6.45) is 1.77. The Balaban J connectivity index is 1.72. The number of nitrogens with zero attached hydrogens (tertiary/aromatic N) is 1. The Hall–Kier alpha value is -2.38. The molecule has 6 nitrogen and oxygen atoms in total. The van der Waals surface area contributed by atoms with E-state index in [-0.39, 0.29) is 17.9 Å². The summed E-state index contributed by atoms with van der Waals surface area (Å²) in [5.41, 5.74) is 7.70. The number of primary amides is 1. The van der Waals surface area contributed by atoms with Gasteiger partial charge in [0.15, 0.2) is 0 Å². The Bertz CT molecular complexity index is 856. The maximum Gasteiger partial charge on any atom is 0.256 e. The molecule has 0 saturated carbocycles. The second-order valence-electron chi connectivity index (χ2n) is 6.53. The molecule has 1 heterocycles. The van der Waals surface area contributed by atoms with Crippen LogP contribution in [0.4, 0.5) is 5.69 Å². The lowest BCUT2D eigenvalue weighted by molar-refractivity contribution is -0.122. The molecule has 0 aromatic heterocycles. The zero-order valence-corrected chi connectivity index (χ0v) is 16.7. The van der Waals surface area contributed by atoms with Crippen LogP contribution in [-0.4, -0.2) is 36.4 Å². The first-order valence-electron chi connectivity index (χ1n) is 8.75. The summed E-state index contributed by atoms with van der Waals surface area (Å²) in [5, 5.41) is 2.91. The van der Waals surface area contributed by atoms with Crippen LogP contribution >= 0.6 is 15.9 Å². The quantitative estimate of drug-likeness (QED) is 0.735. The van der Waals surface area contributed by atoms with E-state index in [4.69, 9.17) is 10.5 Å². The van der Waals surface area contributed by atoms with Crippen molar-refractivity contribution in [1.82, 2.24) is 4.90 Å². The molecule has 27 heavy (non-hydrogen) atoms. The van der Waals surface area contributed by atoms with Crippen LogP contribution in [0.3, 0.4) is 0 Å². The van der Waals surface area contributed by atoms with Crippen molar-refractivity contribution in [3.63, 3.8) is 0 Å². The standard InChI is InChI=1S/C20H22BrN3O3/c1-27-15-7-8-17(21)16(11-15)20(26)23-14-5-2-4-13(10-14)12-24-9-3-6-18(24)19(22)25/h2,4-5,7-8,10-11,18H,3,6,9,12H2,1H3,(H2,22,25)(H,23,26). The van der Waals surface area contributed by atoms with Crippen LogP contribution in [0, 0.1) is 0 Å². The van der Waals surface area contributed by atoms with E-state index in [0.717, 1.165) is 24.9 Å². The number of anilines is 1. The van der Waals surface area contributed by atoms with Crippen LogP contribution < -0.4 is 15.8 Å². The molecule has 1 aliphatic rings. The molecule has 1 unspecified atom stereocenters. The molecule has 2 amide bonds. The molecule has 0 radical (unpaired) electrons. The molecule has 1 fully saturated rings. The molecule has 1 aliphatic heterocycles. The van der Waals surface area contributed by atoms with Crippen LogP contribution in [-0.2, 0) is 11.3 Å². The second-order valence-corrected chi connectivity index (χ2v) is 7.39. The Morgan fingerprint density at radius 2 is 2.11 bits per heavy atom. The van der Waals surface area contributed by atoms with Crippen molar-refractivity contribution in [3.05, 3.63) is 58.1 Å². The van der Waals surface area contributed by atoms with E-state index >= 15 is 0 Å². The number of nitrogens with two attached hydrogens (primary N) is 1. The van der Waals surface area contributed by atoms with Crippen LogP contribution in [0.2, 0.25) is 0 Å². The van der Waals surface area contributed by atoms with Gasteiger partial charge in [-0.3, -0.25) is 14.5 Å². The van der Waals surface area contributed by atoms with Crippen molar-refractivity contribution < 1.29 is 14.3 Å². The summed E-state index contributed by atoms with van der Waals surface area (Å²) in [6.45, 7) is 1.47. The molecule has 3 rings (SSSR count). The molecule has 0 spiro atoms. The van der Waals surface area contributed by atoms with Gasteiger partial charge in [-0.15, -0.1) is 0 Å². The number of benzene rings is 2. The van der Waals surface area contributed by atoms with E-state index in [1.165, 1.54) is 0 Å². The van der Waals surface area contributed by atoms with E-state index in [1.807, 2.05) is 24.3 Å². The predicted octanol–water partition coefficient (Wildman–Crippen LogP) is 3.16. The number of hydrogen-bond donors (Lipinski definition) is 2. The summed E-state index contributed by atoms with van der Waals surface area (Å²) in [7, 11) is 1.56. The molecule has 3 N–H and O–H groups in total. The van der Waals surface area contributed by atoms with E-state index < -0.39 is 0 Å². The third-order valence-electron chi connectivity index (χ3n) is 4.68. The third kappa shape index (κ3) is 4.67. The lowest BCUT2D eigenvalue weighted by Gasteiger charge is -2.22. The fourth-order valence-electron chi connectivity index (χ4n) is 3.32. The second kappa shape index (κ2) is 8.54. The van der Waals surface area contributed by atoms with Crippen molar-refractivity contribution in [2.45, 2.75) is 25.4 Å². The van der Waals surface area contributed by atoms with E-state index in [1.54, 1.807) is 25.3 Å². The van der Waals surface area contributed by atoms with E-state index in [0.29, 0.717) is 28.0 Å². The van der Waals surface area contributed by atoms with Crippen molar-refractivity contribution in [2.24, 2.45) is 5.73 Å². The molecular formula is C20H22BrN3O3. The first-order valence-corrected chi connectivity index (χ1v) is 9.54. The maximum absolute atomic E-state index is 12.6. The Kier molecular flexibility index (Phi) is 6.13. The summed E-state index contributed by atoms with van der Waals surface area (Å²) in [4.78, 5) is 26.3. The van der Waals surface area contributed by atoms with Crippen molar-refractivity contribution in [2.75, 3.05) is 19.0 Å². The topological polar surface area (TPSA) is 84.7 Å². The molecular weight excluding hydrogens is 410 g/mol. The van der Waals surface area contributed by atoms with Crippen LogP contribution in [0.15, 0.2) is 46.9 Å². The molecule has 7 heteroatoms. The zero-order valence-electron chi connectivity index (χ0n) is 15.1. The average Bonchev–Trinajstić information content (AvgIpc) is 3.10. The summed E-state index contributed by atoms with van der Waals surface area (Å²) in [5.74, 6) is 0.109. The fourth-order valence-corrected chi connectivity index (χ4v) is 3.75. The van der Waals surface area contributed by atoms with Crippen LogP contribution in [0.1, 0.15) is 28.8 Å². The van der Waals surface area contributed by atoms with E-state index in [9.17, 15) is 9.59 Å². The largest absolute Gasteiger partial charge is 0.497 e. The smallest absolute Gasteiger partial charge is 0.256 e. The lowest BCUT2D eigenvalue weighted by atomic mass is 10.1. The maximum atomic E-state index is 12.6. The predicted molar refractivity (Wildman–Crippen MR) is 108 cm³/mol. The number of ether oxygens (including phenoxy) is 1. The van der Waals surface area contributed by atoms with Gasteiger partial charge in [0.1, 0.15) is 5.75 Å². The summed E-state index contributed by atoms with van der Waals surface area (Å²) in [6, 6.07) is 12.7. The number of amides is 2. The number of methoxy groups -OCH3 is 1. The average molecular weight is 432 g/mol. The van der Waals surface area contributed by atoms with Crippen LogP contribution in [0.25, 0.3) is 0 Å². The minimum absolute atomic E-state index is 0.212. The highest BCUT2D eigenvalue weighted by atomic mass is 79.9. The van der Waals surface area contributed by atoms with Gasteiger partial charge in [-0.25, -0.2) is 0 Å². The molecule has 0 aliphatic carbocycles. The highest BCUT2D eigenvalue weighted by molar-refractivity contribution is 9.10. The molecule has 1 saturated heterocycles. The number of nitrogens with one attached hydrogen (secondary N) is 1. The molecule has 0 bridgehead atoms. The lowest BCUT2D eigenvalue weighted by Crippen LogP contribution is -2.39. The zero-order chi connectivity index (χ0) is 19.4. The summed E-state index contributed by atoms with van der Waals surface area (Å²) >= 11 is 3.40. The van der Waals surface area contributed by atoms with Gasteiger partial charge in [0.2, 0.25) is 5.91 Å². The highest BCUT2D eigenvalue weighted by Crippen LogP contribution is 2.25. The Labute approximate surface area is 166 Å². The first-order chi connectivity index (χ1) is 13.0. The normalized spacial score (nSPS) is 16.9. The van der Waals surface area contributed by atoms with Gasteiger partial charge in [0, 0.05) is 16.7 Å². The van der Waals surface area contributed by atoms with Gasteiger partial charge in [0.25, 0.3) is 5.91 Å². The number of carbonyl (C=O) groups excluding carboxylic acids is 2. The first kappa shape index (κ1) is 19.4. The fraction of sp³-hybridized carbons (Fsp3) is 0.300. The number of halogens is 1. The molecule has 2 aromatic rings. The van der Waals surface area contributed by atoms with Gasteiger partial charge in [-0.1, -0.05) is 12.1 Å². The SMILES string of the molecule is COc1ccc(Br)c(C(=O)Nc2cccc(CN3CCCC3C(N)=O)c2)c1. The Morgan fingerprint density at radius 1 is 1.30 bits per heavy atom. The van der Waals surface area contributed by atoms with Crippen molar-refractivity contribution in [3.8, 4) is 5.75 Å². The van der Waals surface area contributed by atoms with E-state index in [2.05, 4.69) is 26.1 Å². The van der Waals surface area contributed by atoms with Crippen molar-refractivity contribution in [1.29, 1.82) is 0 Å². The number of rotatable bonds is 6. The van der Waals surface area contributed by atoms with Gasteiger partial charge in [-0.05, 0) is 71.2 Å². The van der Waals surface area contributed by atoms with Crippen LogP contribution in [0.5, 0.6) is 5.75 Å². The van der Waals surface area contributed by atoms with Gasteiger partial charge in [0.05, 0.1) is 18.7 Å². The van der Waals surface area contributed by atoms with Gasteiger partial charge in [-0.2, -0.15) is 0 Å². The van der Waals surface area contributed by atoms with Gasteiger partial charge >= 0.3 is 0 Å². The number of carbonyl (C=O) groups is 2. The minimum Gasteiger partial charge on any atom is -0.497 e. The Morgan fingerprint density at radius 3 is 2.85 bits per heavy atom. The number of likely N-dealkylation sites (tertiary alicyclic amines) is 1. The van der Waals surface area contributed by atoms with Gasteiger partial charge < -0.3 is 15.8 Å².